The number of hydrogen-bond acceptors (Lipinski definition) is 2. The predicted octanol–water partition coefficient (Wildman–Crippen LogP) is 6.39. The van der Waals surface area contributed by atoms with E-state index in [1.165, 1.54) is 36.8 Å². The maximum absolute atomic E-state index is 13.4. The van der Waals surface area contributed by atoms with Gasteiger partial charge in [-0.15, -0.1) is 0 Å². The number of aryl methyl sites for hydroxylation is 2. The average molecular weight is 409 g/mol. The quantitative estimate of drug-likeness (QED) is 0.316. The first kappa shape index (κ1) is 19.9. The van der Waals surface area contributed by atoms with Gasteiger partial charge in [-0.3, -0.25) is 9.59 Å². The zero-order valence-corrected chi connectivity index (χ0v) is 18.4. The summed E-state index contributed by atoms with van der Waals surface area (Å²) in [5.41, 5.74) is 9.86. The van der Waals surface area contributed by atoms with Crippen molar-refractivity contribution in [2.24, 2.45) is 0 Å². The molecule has 31 heavy (non-hydrogen) atoms. The van der Waals surface area contributed by atoms with Crippen LogP contribution in [0.4, 0.5) is 0 Å². The molecule has 3 aromatic rings. The Kier molecular flexibility index (Phi) is 5.09. The molecule has 156 valence electrons. The van der Waals surface area contributed by atoms with Crippen molar-refractivity contribution >= 4 is 11.6 Å². The molecule has 5 rings (SSSR count). The number of ketones is 2. The van der Waals surface area contributed by atoms with Crippen molar-refractivity contribution in [1.29, 1.82) is 0 Å². The van der Waals surface area contributed by atoms with E-state index in [2.05, 4.69) is 26.0 Å². The Hall–Kier alpha value is -3.00. The van der Waals surface area contributed by atoms with Gasteiger partial charge in [0.1, 0.15) is 0 Å². The van der Waals surface area contributed by atoms with E-state index in [1.807, 2.05) is 36.4 Å². The Labute approximate surface area is 184 Å². The minimum atomic E-state index is 0.0819. The lowest BCUT2D eigenvalue weighted by Gasteiger charge is -2.25. The van der Waals surface area contributed by atoms with Gasteiger partial charge in [-0.05, 0) is 84.2 Å². The molecule has 2 heteroatoms. The van der Waals surface area contributed by atoms with Gasteiger partial charge in [0.15, 0.2) is 11.6 Å². The monoisotopic (exact) mass is 408 g/mol. The second-order valence-corrected chi connectivity index (χ2v) is 9.08. The van der Waals surface area contributed by atoms with Crippen molar-refractivity contribution in [3.63, 3.8) is 0 Å². The minimum Gasteiger partial charge on any atom is -0.289 e. The second kappa shape index (κ2) is 7.92. The molecule has 0 amide bonds. The Morgan fingerprint density at radius 2 is 1.29 bits per heavy atom. The first-order valence-electron chi connectivity index (χ1n) is 11.5. The molecule has 0 aliphatic heterocycles. The normalized spacial score (nSPS) is 14.0. The lowest BCUT2D eigenvalue weighted by atomic mass is 9.77. The highest BCUT2D eigenvalue weighted by molar-refractivity contribution is 6.16. The molecule has 0 heterocycles. The maximum Gasteiger partial charge on any atom is 0.193 e. The number of carbonyl (C=O) groups is 2. The van der Waals surface area contributed by atoms with E-state index < -0.39 is 0 Å². The SMILES string of the molecule is CCCCCCc1cc2c(cc1C)C(=O)c1cc3c(cc1C2)C(=O)c1ccccc1C3. The number of benzene rings is 3. The van der Waals surface area contributed by atoms with Crippen molar-refractivity contribution in [3.05, 3.63) is 104 Å². The number of fused-ring (bicyclic) bond motifs is 4. The standard InChI is InChI=1S/C29H28O2/c1-3-4-5-6-9-19-13-21-15-23-17-26-22(14-20-10-7-8-11-24(20)28(26)30)16-27(23)29(31)25(21)12-18(19)2/h7-8,10-13,16-17H,3-6,9,14-15H2,1-2H3. The minimum absolute atomic E-state index is 0.0819. The topological polar surface area (TPSA) is 34.1 Å². The summed E-state index contributed by atoms with van der Waals surface area (Å²) in [7, 11) is 0. The largest absolute Gasteiger partial charge is 0.289 e. The van der Waals surface area contributed by atoms with E-state index in [9.17, 15) is 9.59 Å². The van der Waals surface area contributed by atoms with E-state index >= 15 is 0 Å². The Bertz CT molecular complexity index is 1220. The number of rotatable bonds is 5. The van der Waals surface area contributed by atoms with Gasteiger partial charge in [0.05, 0.1) is 0 Å². The molecule has 2 aliphatic rings. The first-order chi connectivity index (χ1) is 15.1. The summed E-state index contributed by atoms with van der Waals surface area (Å²) in [6, 6.07) is 16.1. The summed E-state index contributed by atoms with van der Waals surface area (Å²) >= 11 is 0. The van der Waals surface area contributed by atoms with Crippen molar-refractivity contribution in [2.75, 3.05) is 0 Å². The molecule has 0 saturated heterocycles. The van der Waals surface area contributed by atoms with Crippen LogP contribution in [0.3, 0.4) is 0 Å². The van der Waals surface area contributed by atoms with Gasteiger partial charge < -0.3 is 0 Å². The number of carbonyl (C=O) groups excluding carboxylic acids is 2. The van der Waals surface area contributed by atoms with Crippen LogP contribution < -0.4 is 0 Å². The summed E-state index contributed by atoms with van der Waals surface area (Å²) in [6.45, 7) is 4.36. The smallest absolute Gasteiger partial charge is 0.193 e. The van der Waals surface area contributed by atoms with E-state index in [1.54, 1.807) is 0 Å². The summed E-state index contributed by atoms with van der Waals surface area (Å²) in [6.07, 6.45) is 7.46. The lowest BCUT2D eigenvalue weighted by Crippen LogP contribution is -2.21. The summed E-state index contributed by atoms with van der Waals surface area (Å²) < 4.78 is 0. The maximum atomic E-state index is 13.4. The van der Waals surface area contributed by atoms with Crippen LogP contribution in [0.1, 0.15) is 97.8 Å². The molecule has 3 aromatic carbocycles. The fourth-order valence-corrected chi connectivity index (χ4v) is 5.17. The van der Waals surface area contributed by atoms with Gasteiger partial charge in [-0.25, -0.2) is 0 Å². The molecule has 0 bridgehead atoms. The van der Waals surface area contributed by atoms with Crippen LogP contribution in [0.15, 0.2) is 48.5 Å². The fraction of sp³-hybridized carbons (Fsp3) is 0.310. The Morgan fingerprint density at radius 3 is 2.03 bits per heavy atom. The zero-order chi connectivity index (χ0) is 21.5. The molecule has 0 N–H and O–H groups in total. The van der Waals surface area contributed by atoms with Crippen LogP contribution in [0, 0.1) is 6.92 Å². The van der Waals surface area contributed by atoms with Crippen molar-refractivity contribution in [2.45, 2.75) is 58.8 Å². The van der Waals surface area contributed by atoms with Crippen molar-refractivity contribution in [3.8, 4) is 0 Å². The van der Waals surface area contributed by atoms with Gasteiger partial charge in [-0.2, -0.15) is 0 Å². The third kappa shape index (κ3) is 3.44. The summed E-state index contributed by atoms with van der Waals surface area (Å²) in [5.74, 6) is 0.185. The Morgan fingerprint density at radius 1 is 0.677 bits per heavy atom. The third-order valence-corrected chi connectivity index (χ3v) is 6.95. The molecule has 2 nitrogen and oxygen atoms in total. The average Bonchev–Trinajstić information content (AvgIpc) is 2.77. The lowest BCUT2D eigenvalue weighted by molar-refractivity contribution is 0.102. The molecule has 0 spiro atoms. The van der Waals surface area contributed by atoms with Crippen LogP contribution >= 0.6 is 0 Å². The van der Waals surface area contributed by atoms with Crippen molar-refractivity contribution in [1.82, 2.24) is 0 Å². The first-order valence-corrected chi connectivity index (χ1v) is 11.5. The molecule has 2 aliphatic carbocycles. The van der Waals surface area contributed by atoms with E-state index in [-0.39, 0.29) is 11.6 Å². The van der Waals surface area contributed by atoms with Crippen LogP contribution in [0.2, 0.25) is 0 Å². The van der Waals surface area contributed by atoms with E-state index in [4.69, 9.17) is 0 Å². The molecule has 0 unspecified atom stereocenters. The molecule has 0 saturated carbocycles. The highest BCUT2D eigenvalue weighted by Crippen LogP contribution is 2.35. The summed E-state index contributed by atoms with van der Waals surface area (Å²) in [4.78, 5) is 26.5. The van der Waals surface area contributed by atoms with Crippen LogP contribution in [-0.4, -0.2) is 11.6 Å². The third-order valence-electron chi connectivity index (χ3n) is 6.95. The zero-order valence-electron chi connectivity index (χ0n) is 18.4. The van der Waals surface area contributed by atoms with Gasteiger partial charge in [0.2, 0.25) is 0 Å². The predicted molar refractivity (Wildman–Crippen MR) is 124 cm³/mol. The van der Waals surface area contributed by atoms with Gasteiger partial charge >= 0.3 is 0 Å². The van der Waals surface area contributed by atoms with Crippen LogP contribution in [0.25, 0.3) is 0 Å². The Balaban J connectivity index is 1.50. The fourth-order valence-electron chi connectivity index (χ4n) is 5.17. The molecule has 0 atom stereocenters. The summed E-state index contributed by atoms with van der Waals surface area (Å²) in [5, 5.41) is 0. The van der Waals surface area contributed by atoms with E-state index in [0.717, 1.165) is 57.3 Å². The molecule has 0 fully saturated rings. The second-order valence-electron chi connectivity index (χ2n) is 9.08. The molecular weight excluding hydrogens is 380 g/mol. The van der Waals surface area contributed by atoms with Crippen LogP contribution in [-0.2, 0) is 19.3 Å². The highest BCUT2D eigenvalue weighted by atomic mass is 16.1. The van der Waals surface area contributed by atoms with Gasteiger partial charge in [0.25, 0.3) is 0 Å². The van der Waals surface area contributed by atoms with E-state index in [0.29, 0.717) is 6.42 Å². The van der Waals surface area contributed by atoms with Gasteiger partial charge in [-0.1, -0.05) is 56.5 Å². The van der Waals surface area contributed by atoms with Gasteiger partial charge in [0, 0.05) is 22.3 Å². The molecule has 0 radical (unpaired) electrons. The van der Waals surface area contributed by atoms with Crippen LogP contribution in [0.5, 0.6) is 0 Å². The molecular formula is C29H28O2. The molecule has 0 aromatic heterocycles. The van der Waals surface area contributed by atoms with Crippen molar-refractivity contribution < 1.29 is 9.59 Å². The highest BCUT2D eigenvalue weighted by Gasteiger charge is 2.29. The number of unbranched alkanes of at least 4 members (excludes halogenated alkanes) is 3. The number of hydrogen-bond donors (Lipinski definition) is 0.